The van der Waals surface area contributed by atoms with Crippen molar-refractivity contribution in [1.82, 2.24) is 0 Å². The smallest absolute Gasteiger partial charge is 0.114 e. The molecule has 0 spiro atoms. The van der Waals surface area contributed by atoms with Crippen LogP contribution >= 0.6 is 0 Å². The minimum Gasteiger partial charge on any atom is -0.511 e. The SMILES string of the molecule is CC1(C)C(O)=C(C#N)C[C@]2(C)CC[C@@H](Cc3ccccc3)O[C@@H]12. The lowest BCUT2D eigenvalue weighted by atomic mass is 9.59. The summed E-state index contributed by atoms with van der Waals surface area (Å²) in [6, 6.07) is 12.6. The van der Waals surface area contributed by atoms with E-state index in [0.29, 0.717) is 12.0 Å². The zero-order valence-corrected chi connectivity index (χ0v) is 14.2. The Morgan fingerprint density at radius 3 is 2.61 bits per heavy atom. The zero-order chi connectivity index (χ0) is 16.7. The summed E-state index contributed by atoms with van der Waals surface area (Å²) in [5, 5.41) is 19.8. The second-order valence-corrected chi connectivity index (χ2v) is 7.86. The number of nitriles is 1. The molecule has 0 unspecified atom stereocenters. The Bertz CT molecular complexity index is 656. The Morgan fingerprint density at radius 1 is 1.26 bits per heavy atom. The Morgan fingerprint density at radius 2 is 1.96 bits per heavy atom. The van der Waals surface area contributed by atoms with E-state index in [4.69, 9.17) is 4.74 Å². The summed E-state index contributed by atoms with van der Waals surface area (Å²) in [6.07, 6.45) is 3.65. The molecule has 1 aliphatic carbocycles. The van der Waals surface area contributed by atoms with E-state index in [1.165, 1.54) is 5.56 Å². The van der Waals surface area contributed by atoms with Crippen LogP contribution in [0.1, 0.15) is 45.6 Å². The van der Waals surface area contributed by atoms with E-state index in [2.05, 4.69) is 37.3 Å². The van der Waals surface area contributed by atoms with E-state index < -0.39 is 5.41 Å². The van der Waals surface area contributed by atoms with Gasteiger partial charge in [-0.3, -0.25) is 0 Å². The minimum atomic E-state index is -0.520. The average molecular weight is 311 g/mol. The van der Waals surface area contributed by atoms with Gasteiger partial charge in [0.15, 0.2) is 0 Å². The highest BCUT2D eigenvalue weighted by Crippen LogP contribution is 2.54. The highest BCUT2D eigenvalue weighted by Gasteiger charge is 2.54. The first-order valence-corrected chi connectivity index (χ1v) is 8.39. The molecule has 1 aliphatic heterocycles. The van der Waals surface area contributed by atoms with Crippen LogP contribution in [0.4, 0.5) is 0 Å². The summed E-state index contributed by atoms with van der Waals surface area (Å²) >= 11 is 0. The van der Waals surface area contributed by atoms with Crippen LogP contribution in [0.25, 0.3) is 0 Å². The van der Waals surface area contributed by atoms with Gasteiger partial charge < -0.3 is 9.84 Å². The summed E-state index contributed by atoms with van der Waals surface area (Å²) in [5.74, 6) is 0.211. The van der Waals surface area contributed by atoms with Gasteiger partial charge in [0.25, 0.3) is 0 Å². The molecule has 0 amide bonds. The summed E-state index contributed by atoms with van der Waals surface area (Å²) < 4.78 is 6.47. The molecule has 1 heterocycles. The number of fused-ring (bicyclic) bond motifs is 1. The van der Waals surface area contributed by atoms with Crippen LogP contribution < -0.4 is 0 Å². The third-order valence-corrected chi connectivity index (χ3v) is 5.57. The van der Waals surface area contributed by atoms with Gasteiger partial charge in [-0.25, -0.2) is 0 Å². The zero-order valence-electron chi connectivity index (χ0n) is 14.2. The van der Waals surface area contributed by atoms with Crippen molar-refractivity contribution in [2.24, 2.45) is 10.8 Å². The number of ether oxygens (including phenoxy) is 1. The van der Waals surface area contributed by atoms with Crippen molar-refractivity contribution in [2.75, 3.05) is 0 Å². The van der Waals surface area contributed by atoms with Crippen LogP contribution in [0, 0.1) is 22.2 Å². The molecule has 1 aromatic carbocycles. The predicted molar refractivity (Wildman–Crippen MR) is 89.8 cm³/mol. The summed E-state index contributed by atoms with van der Waals surface area (Å²) in [7, 11) is 0. The maximum atomic E-state index is 10.5. The maximum absolute atomic E-state index is 10.5. The second-order valence-electron chi connectivity index (χ2n) is 7.86. The lowest BCUT2D eigenvalue weighted by Crippen LogP contribution is -2.54. The number of hydrogen-bond donors (Lipinski definition) is 1. The Hall–Kier alpha value is -1.79. The van der Waals surface area contributed by atoms with E-state index >= 15 is 0 Å². The van der Waals surface area contributed by atoms with Crippen molar-refractivity contribution in [3.8, 4) is 6.07 Å². The van der Waals surface area contributed by atoms with E-state index in [1.807, 2.05) is 19.9 Å². The fourth-order valence-electron chi connectivity index (χ4n) is 4.39. The Balaban J connectivity index is 1.84. The van der Waals surface area contributed by atoms with Crippen LogP contribution in [0.2, 0.25) is 0 Å². The number of allylic oxidation sites excluding steroid dienone is 1. The molecule has 3 nitrogen and oxygen atoms in total. The highest BCUT2D eigenvalue weighted by atomic mass is 16.5. The molecule has 2 aliphatic rings. The number of rotatable bonds is 2. The molecular formula is C20H25NO2. The van der Waals surface area contributed by atoms with Crippen molar-refractivity contribution in [1.29, 1.82) is 5.26 Å². The summed E-state index contributed by atoms with van der Waals surface area (Å²) in [6.45, 7) is 6.18. The maximum Gasteiger partial charge on any atom is 0.114 e. The number of benzene rings is 1. The van der Waals surface area contributed by atoms with Gasteiger partial charge in [0.2, 0.25) is 0 Å². The van der Waals surface area contributed by atoms with Crippen LogP contribution in [0.5, 0.6) is 0 Å². The molecule has 1 fully saturated rings. The number of aliphatic hydroxyl groups is 1. The van der Waals surface area contributed by atoms with Crippen molar-refractivity contribution >= 4 is 0 Å². The van der Waals surface area contributed by atoms with Crippen LogP contribution in [0.15, 0.2) is 41.7 Å². The largest absolute Gasteiger partial charge is 0.511 e. The van der Waals surface area contributed by atoms with E-state index in [1.54, 1.807) is 0 Å². The quantitative estimate of drug-likeness (QED) is 0.872. The van der Waals surface area contributed by atoms with Crippen molar-refractivity contribution in [3.63, 3.8) is 0 Å². The molecule has 1 aromatic rings. The van der Waals surface area contributed by atoms with E-state index in [9.17, 15) is 10.4 Å². The predicted octanol–water partition coefficient (Wildman–Crippen LogP) is 4.55. The molecule has 1 N–H and O–H groups in total. The first-order valence-electron chi connectivity index (χ1n) is 8.39. The monoisotopic (exact) mass is 311 g/mol. The first-order chi connectivity index (χ1) is 10.9. The third-order valence-electron chi connectivity index (χ3n) is 5.57. The van der Waals surface area contributed by atoms with Gasteiger partial charge in [0.1, 0.15) is 5.76 Å². The van der Waals surface area contributed by atoms with Gasteiger partial charge in [0.05, 0.1) is 23.9 Å². The molecule has 3 rings (SSSR count). The fourth-order valence-corrected chi connectivity index (χ4v) is 4.39. The second kappa shape index (κ2) is 5.69. The van der Waals surface area contributed by atoms with Crippen LogP contribution in [-0.2, 0) is 11.2 Å². The fraction of sp³-hybridized carbons (Fsp3) is 0.550. The average Bonchev–Trinajstić information content (AvgIpc) is 2.54. The van der Waals surface area contributed by atoms with Crippen LogP contribution in [-0.4, -0.2) is 17.3 Å². The molecule has 3 atom stereocenters. The Labute approximate surface area is 138 Å². The molecule has 0 aromatic heterocycles. The van der Waals surface area contributed by atoms with Gasteiger partial charge in [-0.15, -0.1) is 0 Å². The van der Waals surface area contributed by atoms with Crippen molar-refractivity contribution in [2.45, 2.75) is 58.7 Å². The molecular weight excluding hydrogens is 286 g/mol. The normalized spacial score (nSPS) is 33.0. The lowest BCUT2D eigenvalue weighted by Gasteiger charge is -2.53. The molecule has 1 saturated heterocycles. The molecule has 3 heteroatoms. The molecule has 0 bridgehead atoms. The van der Waals surface area contributed by atoms with Crippen molar-refractivity contribution < 1.29 is 9.84 Å². The van der Waals surface area contributed by atoms with Gasteiger partial charge in [0, 0.05) is 5.41 Å². The lowest BCUT2D eigenvalue weighted by molar-refractivity contribution is -0.175. The minimum absolute atomic E-state index is 0.0606. The van der Waals surface area contributed by atoms with Gasteiger partial charge in [-0.1, -0.05) is 51.1 Å². The molecule has 0 radical (unpaired) electrons. The molecule has 122 valence electrons. The number of hydrogen-bond acceptors (Lipinski definition) is 3. The number of nitrogens with zero attached hydrogens (tertiary/aromatic N) is 1. The van der Waals surface area contributed by atoms with Crippen molar-refractivity contribution in [3.05, 3.63) is 47.2 Å². The molecule has 23 heavy (non-hydrogen) atoms. The highest BCUT2D eigenvalue weighted by molar-refractivity contribution is 5.34. The van der Waals surface area contributed by atoms with E-state index in [0.717, 1.165) is 19.3 Å². The standard InChI is InChI=1S/C20H25NO2/c1-19(2)17(22)15(13-21)12-20(3)10-9-16(23-18(19)20)11-14-7-5-4-6-8-14/h4-8,16,18,22H,9-12H2,1-3H3/t16-,18-,20-/m0/s1. The van der Waals surface area contributed by atoms with Gasteiger partial charge >= 0.3 is 0 Å². The van der Waals surface area contributed by atoms with Gasteiger partial charge in [-0.2, -0.15) is 5.26 Å². The summed E-state index contributed by atoms with van der Waals surface area (Å²) in [5.41, 5.74) is 1.22. The third kappa shape index (κ3) is 2.77. The first kappa shape index (κ1) is 16.1. The topological polar surface area (TPSA) is 53.2 Å². The Kier molecular flexibility index (Phi) is 3.98. The van der Waals surface area contributed by atoms with Crippen LogP contribution in [0.3, 0.4) is 0 Å². The number of aliphatic hydroxyl groups excluding tert-OH is 1. The van der Waals surface area contributed by atoms with E-state index in [-0.39, 0.29) is 23.4 Å². The van der Waals surface area contributed by atoms with Gasteiger partial charge in [-0.05, 0) is 36.7 Å². The summed E-state index contributed by atoms with van der Waals surface area (Å²) in [4.78, 5) is 0. The molecule has 0 saturated carbocycles.